The van der Waals surface area contributed by atoms with Crippen LogP contribution >= 0.6 is 0 Å². The van der Waals surface area contributed by atoms with Crippen molar-refractivity contribution in [1.29, 1.82) is 0 Å². The third-order valence-corrected chi connectivity index (χ3v) is 1.70. The number of rotatable bonds is 7. The minimum atomic E-state index is -0.448. The maximum atomic E-state index is 10.1. The van der Waals surface area contributed by atoms with E-state index in [4.69, 9.17) is 9.47 Å². The van der Waals surface area contributed by atoms with Crippen molar-refractivity contribution in [1.82, 2.24) is 0 Å². The van der Waals surface area contributed by atoms with Crippen LogP contribution in [0.4, 0.5) is 0 Å². The maximum Gasteiger partial charge on any atom is 0.147 e. The van der Waals surface area contributed by atoms with Gasteiger partial charge in [0.15, 0.2) is 0 Å². The summed E-state index contributed by atoms with van der Waals surface area (Å²) in [5.74, 6) is 0. The minimum absolute atomic E-state index is 0.224. The summed E-state index contributed by atoms with van der Waals surface area (Å²) in [6.45, 7) is 5.74. The number of ether oxygens (including phenoxy) is 2. The maximum absolute atomic E-state index is 10.1. The molecule has 0 radical (unpaired) electrons. The highest BCUT2D eigenvalue weighted by Crippen LogP contribution is 2.17. The lowest BCUT2D eigenvalue weighted by molar-refractivity contribution is -0.115. The first kappa shape index (κ1) is 11.3. The molecule has 0 unspecified atom stereocenters. The van der Waals surface area contributed by atoms with Gasteiger partial charge in [-0.25, -0.2) is 0 Å². The first-order valence-electron chi connectivity index (χ1n) is 3.88. The monoisotopic (exact) mass is 172 g/mol. The van der Waals surface area contributed by atoms with Gasteiger partial charge >= 0.3 is 0 Å². The molecule has 1 atom stereocenters. The van der Waals surface area contributed by atoms with Crippen molar-refractivity contribution in [3.63, 3.8) is 0 Å². The number of carbonyl (C=O) groups excluding carboxylic acids is 1. The van der Waals surface area contributed by atoms with E-state index in [-0.39, 0.29) is 6.79 Å². The molecule has 0 fully saturated rings. The van der Waals surface area contributed by atoms with Gasteiger partial charge < -0.3 is 14.3 Å². The van der Waals surface area contributed by atoms with E-state index in [9.17, 15) is 4.79 Å². The Morgan fingerprint density at radius 3 is 2.67 bits per heavy atom. The minimum Gasteiger partial charge on any atom is -0.359 e. The van der Waals surface area contributed by atoms with Gasteiger partial charge in [-0.05, 0) is 13.3 Å². The summed E-state index contributed by atoms with van der Waals surface area (Å²) in [6, 6.07) is 0. The molecule has 0 saturated heterocycles. The molecule has 0 aromatic carbocycles. The largest absolute Gasteiger partial charge is 0.359 e. The third-order valence-electron chi connectivity index (χ3n) is 1.70. The molecule has 0 spiro atoms. The van der Waals surface area contributed by atoms with Crippen LogP contribution in [0.2, 0.25) is 0 Å². The van der Waals surface area contributed by atoms with Crippen LogP contribution in [0.3, 0.4) is 0 Å². The van der Waals surface area contributed by atoms with Gasteiger partial charge in [-0.3, -0.25) is 0 Å². The number of methoxy groups -OCH3 is 1. The van der Waals surface area contributed by atoms with Gasteiger partial charge in [-0.15, -0.1) is 6.58 Å². The molecule has 0 bridgehead atoms. The lowest BCUT2D eigenvalue weighted by Crippen LogP contribution is -2.26. The van der Waals surface area contributed by atoms with Crippen LogP contribution in [0.1, 0.15) is 19.8 Å². The zero-order valence-electron chi connectivity index (χ0n) is 7.71. The molecule has 70 valence electrons. The fourth-order valence-electron chi connectivity index (χ4n) is 0.772. The highest BCUT2D eigenvalue weighted by atomic mass is 16.7. The summed E-state index contributed by atoms with van der Waals surface area (Å²) >= 11 is 0. The molecule has 0 rings (SSSR count). The number of hydrogen-bond acceptors (Lipinski definition) is 3. The van der Waals surface area contributed by atoms with Crippen LogP contribution in [0, 0.1) is 0 Å². The van der Waals surface area contributed by atoms with Crippen LogP contribution in [-0.2, 0) is 14.3 Å². The molecule has 0 aliphatic heterocycles. The van der Waals surface area contributed by atoms with Crippen molar-refractivity contribution < 1.29 is 14.3 Å². The van der Waals surface area contributed by atoms with E-state index in [0.29, 0.717) is 12.8 Å². The predicted octanol–water partition coefficient (Wildman–Crippen LogP) is 1.53. The molecule has 0 heterocycles. The van der Waals surface area contributed by atoms with E-state index in [1.54, 1.807) is 13.2 Å². The van der Waals surface area contributed by atoms with E-state index in [2.05, 4.69) is 6.58 Å². The lowest BCUT2D eigenvalue weighted by atomic mass is 10.0. The average molecular weight is 172 g/mol. The van der Waals surface area contributed by atoms with E-state index in [1.807, 2.05) is 6.92 Å². The molecule has 0 N–H and O–H groups in total. The summed E-state index contributed by atoms with van der Waals surface area (Å²) < 4.78 is 10.1. The van der Waals surface area contributed by atoms with Gasteiger partial charge in [0, 0.05) is 13.5 Å². The van der Waals surface area contributed by atoms with Crippen LogP contribution in [0.5, 0.6) is 0 Å². The average Bonchev–Trinajstić information content (AvgIpc) is 2.11. The van der Waals surface area contributed by atoms with E-state index in [1.165, 1.54) is 0 Å². The Bertz CT molecular complexity index is 145. The van der Waals surface area contributed by atoms with Crippen molar-refractivity contribution in [2.45, 2.75) is 25.4 Å². The molecule has 0 saturated carbocycles. The molecule has 0 aromatic heterocycles. The predicted molar refractivity (Wildman–Crippen MR) is 46.9 cm³/mol. The summed E-state index contributed by atoms with van der Waals surface area (Å²) in [5, 5.41) is 0. The number of carbonyl (C=O) groups is 1. The molecular formula is C9H16O3. The van der Waals surface area contributed by atoms with Gasteiger partial charge in [0.1, 0.15) is 13.1 Å². The van der Waals surface area contributed by atoms with Crippen LogP contribution in [-0.4, -0.2) is 25.8 Å². The van der Waals surface area contributed by atoms with Crippen molar-refractivity contribution in [3.8, 4) is 0 Å². The Morgan fingerprint density at radius 2 is 2.25 bits per heavy atom. The molecule has 0 aromatic rings. The summed E-state index contributed by atoms with van der Waals surface area (Å²) in [7, 11) is 1.56. The Labute approximate surface area is 73.4 Å². The van der Waals surface area contributed by atoms with Crippen LogP contribution < -0.4 is 0 Å². The smallest absolute Gasteiger partial charge is 0.147 e. The second-order valence-corrected chi connectivity index (χ2v) is 2.77. The van der Waals surface area contributed by atoms with Crippen LogP contribution in [0.25, 0.3) is 0 Å². The quantitative estimate of drug-likeness (QED) is 0.332. The van der Waals surface area contributed by atoms with Gasteiger partial charge in [0.05, 0.1) is 5.60 Å². The van der Waals surface area contributed by atoms with Crippen molar-refractivity contribution in [3.05, 3.63) is 12.7 Å². The first-order chi connectivity index (χ1) is 5.68. The fraction of sp³-hybridized carbons (Fsp3) is 0.667. The third kappa shape index (κ3) is 4.26. The van der Waals surface area contributed by atoms with Crippen molar-refractivity contribution in [2.24, 2.45) is 0 Å². The second kappa shape index (κ2) is 5.91. The van der Waals surface area contributed by atoms with Crippen LogP contribution in [0.15, 0.2) is 12.7 Å². The topological polar surface area (TPSA) is 35.5 Å². The molecule has 0 aliphatic carbocycles. The number of aldehydes is 1. The molecule has 12 heavy (non-hydrogen) atoms. The van der Waals surface area contributed by atoms with Gasteiger partial charge in [-0.1, -0.05) is 6.08 Å². The Balaban J connectivity index is 3.85. The first-order valence-corrected chi connectivity index (χ1v) is 3.88. The number of hydrogen-bond donors (Lipinski definition) is 0. The highest BCUT2D eigenvalue weighted by Gasteiger charge is 2.19. The Hall–Kier alpha value is -0.670. The van der Waals surface area contributed by atoms with Gasteiger partial charge in [0.2, 0.25) is 0 Å². The molecule has 3 heteroatoms. The summed E-state index contributed by atoms with van der Waals surface area (Å²) in [4.78, 5) is 10.1. The van der Waals surface area contributed by atoms with Gasteiger partial charge in [-0.2, -0.15) is 0 Å². The fourth-order valence-corrected chi connectivity index (χ4v) is 0.772. The van der Waals surface area contributed by atoms with Gasteiger partial charge in [0.25, 0.3) is 0 Å². The lowest BCUT2D eigenvalue weighted by Gasteiger charge is -2.24. The normalized spacial score (nSPS) is 15.2. The second-order valence-electron chi connectivity index (χ2n) is 2.77. The SMILES string of the molecule is C=C[C@@](C)(CCC=O)OCOC. The zero-order valence-corrected chi connectivity index (χ0v) is 7.71. The van der Waals surface area contributed by atoms with Crippen molar-refractivity contribution >= 4 is 6.29 Å². The molecule has 0 aliphatic rings. The summed E-state index contributed by atoms with van der Waals surface area (Å²) in [6.07, 6.45) is 3.68. The Morgan fingerprint density at radius 1 is 1.58 bits per heavy atom. The highest BCUT2D eigenvalue weighted by molar-refractivity contribution is 5.49. The molecule has 0 amide bonds. The Kier molecular flexibility index (Phi) is 5.58. The molecular weight excluding hydrogens is 156 g/mol. The van der Waals surface area contributed by atoms with E-state index in [0.717, 1.165) is 6.29 Å². The van der Waals surface area contributed by atoms with Crippen molar-refractivity contribution in [2.75, 3.05) is 13.9 Å². The van der Waals surface area contributed by atoms with E-state index < -0.39 is 5.60 Å². The standard InChI is InChI=1S/C9H16O3/c1-4-9(2,6-5-7-10)12-8-11-3/h4,7H,1,5-6,8H2,2-3H3/t9-/m0/s1. The van der Waals surface area contributed by atoms with E-state index >= 15 is 0 Å². The summed E-state index contributed by atoms with van der Waals surface area (Å²) in [5.41, 5.74) is -0.448. The zero-order chi connectivity index (χ0) is 9.45. The molecule has 3 nitrogen and oxygen atoms in total.